The monoisotopic (exact) mass is 335 g/mol. The Kier molecular flexibility index (Phi) is 4.26. The molecule has 0 atom stereocenters. The summed E-state index contributed by atoms with van der Waals surface area (Å²) < 4.78 is 1.71. The molecule has 3 rings (SSSR count). The summed E-state index contributed by atoms with van der Waals surface area (Å²) in [5.41, 5.74) is 2.33. The van der Waals surface area contributed by atoms with Crippen LogP contribution >= 0.6 is 0 Å². The minimum Gasteiger partial charge on any atom is -0.383 e. The summed E-state index contributed by atoms with van der Waals surface area (Å²) in [5.74, 6) is 0.445. The number of hydrogen-bond donors (Lipinski definition) is 2. The number of aromatic nitrogens is 3. The fourth-order valence-corrected chi connectivity index (χ4v) is 2.31. The molecule has 0 saturated heterocycles. The van der Waals surface area contributed by atoms with Gasteiger partial charge in [-0.15, -0.1) is 10.2 Å². The third-order valence-electron chi connectivity index (χ3n) is 3.54. The van der Waals surface area contributed by atoms with Gasteiger partial charge in [0.25, 0.3) is 5.69 Å². The molecule has 1 heterocycles. The Morgan fingerprint density at radius 2 is 2.00 bits per heavy atom. The number of nitrogens with one attached hydrogen (secondary N) is 2. The van der Waals surface area contributed by atoms with E-state index in [4.69, 9.17) is 5.26 Å². The van der Waals surface area contributed by atoms with Crippen molar-refractivity contribution in [3.63, 3.8) is 0 Å². The predicted molar refractivity (Wildman–Crippen MR) is 92.0 cm³/mol. The molecule has 0 fully saturated rings. The molecule has 0 aliphatic carbocycles. The van der Waals surface area contributed by atoms with E-state index in [0.717, 1.165) is 5.69 Å². The van der Waals surface area contributed by atoms with Gasteiger partial charge in [0, 0.05) is 18.8 Å². The number of nitro groups is 1. The molecule has 0 aliphatic rings. The van der Waals surface area contributed by atoms with Crippen LogP contribution < -0.4 is 10.6 Å². The number of benzene rings is 2. The van der Waals surface area contributed by atoms with Crippen molar-refractivity contribution in [1.29, 1.82) is 5.26 Å². The van der Waals surface area contributed by atoms with Gasteiger partial charge in [-0.05, 0) is 36.4 Å². The molecule has 3 aromatic rings. The van der Waals surface area contributed by atoms with Gasteiger partial charge in [-0.25, -0.2) is 0 Å². The van der Waals surface area contributed by atoms with E-state index in [2.05, 4.69) is 26.9 Å². The highest BCUT2D eigenvalue weighted by atomic mass is 16.6. The molecule has 0 saturated carbocycles. The molecule has 2 aromatic carbocycles. The van der Waals surface area contributed by atoms with E-state index in [0.29, 0.717) is 22.9 Å². The molecule has 0 radical (unpaired) electrons. The molecule has 0 aliphatic heterocycles. The highest BCUT2D eigenvalue weighted by molar-refractivity contribution is 5.70. The van der Waals surface area contributed by atoms with Crippen LogP contribution in [0.4, 0.5) is 23.0 Å². The van der Waals surface area contributed by atoms with Gasteiger partial charge in [0.2, 0.25) is 5.95 Å². The zero-order chi connectivity index (χ0) is 17.8. The summed E-state index contributed by atoms with van der Waals surface area (Å²) in [4.78, 5) is 10.5. The van der Waals surface area contributed by atoms with Crippen LogP contribution in [0, 0.1) is 21.4 Å². The average molecular weight is 335 g/mol. The van der Waals surface area contributed by atoms with Crippen LogP contribution in [0.2, 0.25) is 0 Å². The quantitative estimate of drug-likeness (QED) is 0.543. The van der Waals surface area contributed by atoms with Gasteiger partial charge in [-0.2, -0.15) is 5.26 Å². The van der Waals surface area contributed by atoms with Crippen molar-refractivity contribution in [2.24, 2.45) is 0 Å². The number of anilines is 3. The van der Waals surface area contributed by atoms with E-state index in [9.17, 15) is 10.1 Å². The Bertz CT molecular complexity index is 957. The number of rotatable bonds is 5. The van der Waals surface area contributed by atoms with Gasteiger partial charge in [-0.3, -0.25) is 14.7 Å². The largest absolute Gasteiger partial charge is 0.383 e. The molecular formula is C16H13N7O2. The van der Waals surface area contributed by atoms with Crippen LogP contribution in [0.25, 0.3) is 5.69 Å². The first kappa shape index (κ1) is 15.9. The van der Waals surface area contributed by atoms with E-state index in [1.807, 2.05) is 0 Å². The smallest absolute Gasteiger partial charge is 0.292 e. The van der Waals surface area contributed by atoms with Crippen molar-refractivity contribution >= 4 is 23.0 Å². The van der Waals surface area contributed by atoms with Crippen molar-refractivity contribution in [2.75, 3.05) is 17.7 Å². The van der Waals surface area contributed by atoms with Crippen LogP contribution in [-0.4, -0.2) is 26.7 Å². The first-order valence-corrected chi connectivity index (χ1v) is 7.26. The Morgan fingerprint density at radius 3 is 2.64 bits per heavy atom. The zero-order valence-corrected chi connectivity index (χ0v) is 13.2. The minimum absolute atomic E-state index is 0.0124. The molecule has 1 aromatic heterocycles. The Labute approximate surface area is 142 Å². The van der Waals surface area contributed by atoms with Crippen molar-refractivity contribution in [2.45, 2.75) is 0 Å². The second kappa shape index (κ2) is 6.67. The summed E-state index contributed by atoms with van der Waals surface area (Å²) in [6, 6.07) is 13.6. The lowest BCUT2D eigenvalue weighted by molar-refractivity contribution is -0.383. The molecule has 2 N–H and O–H groups in total. The van der Waals surface area contributed by atoms with E-state index in [1.54, 1.807) is 48.0 Å². The first-order chi connectivity index (χ1) is 12.1. The van der Waals surface area contributed by atoms with Crippen molar-refractivity contribution in [3.05, 3.63) is 64.5 Å². The third kappa shape index (κ3) is 3.23. The second-order valence-electron chi connectivity index (χ2n) is 5.05. The zero-order valence-electron chi connectivity index (χ0n) is 13.2. The van der Waals surface area contributed by atoms with Gasteiger partial charge in [0.1, 0.15) is 12.0 Å². The van der Waals surface area contributed by atoms with Crippen LogP contribution in [0.1, 0.15) is 5.56 Å². The first-order valence-electron chi connectivity index (χ1n) is 7.26. The molecular weight excluding hydrogens is 322 g/mol. The molecule has 0 bridgehead atoms. The van der Waals surface area contributed by atoms with Gasteiger partial charge in [-0.1, -0.05) is 0 Å². The summed E-state index contributed by atoms with van der Waals surface area (Å²) >= 11 is 0. The molecule has 9 heteroatoms. The number of hydrogen-bond acceptors (Lipinski definition) is 7. The fraction of sp³-hybridized carbons (Fsp3) is 0.0625. The normalized spacial score (nSPS) is 10.1. The lowest BCUT2D eigenvalue weighted by atomic mass is 10.2. The molecule has 9 nitrogen and oxygen atoms in total. The number of nitrogens with zero attached hydrogens (tertiary/aromatic N) is 5. The number of nitriles is 1. The Balaban J connectivity index is 1.91. The maximum atomic E-state index is 11.0. The standard InChI is InChI=1S/C16H13N7O2/c1-18-14-8-12(4-7-15(14)23(24)25)20-16-21-19-10-22(16)13-5-2-11(9-17)3-6-13/h2-8,10,18H,1H3,(H,20,21). The van der Waals surface area contributed by atoms with E-state index >= 15 is 0 Å². The van der Waals surface area contributed by atoms with Crippen LogP contribution in [0.3, 0.4) is 0 Å². The maximum absolute atomic E-state index is 11.0. The Morgan fingerprint density at radius 1 is 1.24 bits per heavy atom. The molecule has 0 unspecified atom stereocenters. The summed E-state index contributed by atoms with van der Waals surface area (Å²) in [6.07, 6.45) is 1.54. The fourth-order valence-electron chi connectivity index (χ4n) is 2.31. The summed E-state index contributed by atoms with van der Waals surface area (Å²) in [6.45, 7) is 0. The molecule has 0 amide bonds. The van der Waals surface area contributed by atoms with Gasteiger partial charge < -0.3 is 10.6 Å². The van der Waals surface area contributed by atoms with Crippen molar-refractivity contribution in [3.8, 4) is 11.8 Å². The highest BCUT2D eigenvalue weighted by Crippen LogP contribution is 2.29. The molecule has 124 valence electrons. The average Bonchev–Trinajstić information content (AvgIpc) is 3.09. The lowest BCUT2D eigenvalue weighted by Gasteiger charge is -2.10. The van der Waals surface area contributed by atoms with Gasteiger partial charge in [0.15, 0.2) is 0 Å². The lowest BCUT2D eigenvalue weighted by Crippen LogP contribution is -2.03. The van der Waals surface area contributed by atoms with Crippen LogP contribution in [-0.2, 0) is 0 Å². The van der Waals surface area contributed by atoms with Crippen LogP contribution in [0.15, 0.2) is 48.8 Å². The number of nitro benzene ring substituents is 1. The minimum atomic E-state index is -0.450. The van der Waals surface area contributed by atoms with Gasteiger partial charge >= 0.3 is 0 Å². The topological polar surface area (TPSA) is 122 Å². The van der Waals surface area contributed by atoms with Gasteiger partial charge in [0.05, 0.1) is 22.2 Å². The second-order valence-corrected chi connectivity index (χ2v) is 5.05. The maximum Gasteiger partial charge on any atom is 0.292 e. The predicted octanol–water partition coefficient (Wildman–Crippen LogP) is 2.83. The third-order valence-corrected chi connectivity index (χ3v) is 3.54. The van der Waals surface area contributed by atoms with E-state index < -0.39 is 4.92 Å². The Hall–Kier alpha value is -3.93. The van der Waals surface area contributed by atoms with E-state index in [-0.39, 0.29) is 5.69 Å². The molecule has 0 spiro atoms. The highest BCUT2D eigenvalue weighted by Gasteiger charge is 2.14. The van der Waals surface area contributed by atoms with Crippen LogP contribution in [0.5, 0.6) is 0 Å². The van der Waals surface area contributed by atoms with Crippen molar-refractivity contribution < 1.29 is 4.92 Å². The summed E-state index contributed by atoms with van der Waals surface area (Å²) in [5, 5.41) is 33.7. The molecule has 25 heavy (non-hydrogen) atoms. The summed E-state index contributed by atoms with van der Waals surface area (Å²) in [7, 11) is 1.62. The van der Waals surface area contributed by atoms with Crippen molar-refractivity contribution in [1.82, 2.24) is 14.8 Å². The van der Waals surface area contributed by atoms with E-state index in [1.165, 1.54) is 12.4 Å². The SMILES string of the molecule is CNc1cc(Nc2nncn2-c2ccc(C#N)cc2)ccc1[N+](=O)[O-].